The Morgan fingerprint density at radius 3 is 2.79 bits per heavy atom. The number of aryl methyl sites for hydroxylation is 1. The van der Waals surface area contributed by atoms with Gasteiger partial charge < -0.3 is 18.9 Å². The van der Waals surface area contributed by atoms with E-state index in [0.29, 0.717) is 13.0 Å². The molecule has 28 heavy (non-hydrogen) atoms. The van der Waals surface area contributed by atoms with Crippen LogP contribution in [0.4, 0.5) is 0 Å². The van der Waals surface area contributed by atoms with E-state index in [9.17, 15) is 4.79 Å². The first kappa shape index (κ1) is 18.4. The number of rotatable bonds is 6. The van der Waals surface area contributed by atoms with Crippen LogP contribution in [0.25, 0.3) is 10.9 Å². The molecule has 0 saturated carbocycles. The third-order valence-corrected chi connectivity index (χ3v) is 5.62. The number of benzene rings is 2. The van der Waals surface area contributed by atoms with Gasteiger partial charge in [-0.3, -0.25) is 4.79 Å². The molecule has 1 saturated heterocycles. The van der Waals surface area contributed by atoms with Gasteiger partial charge in [-0.15, -0.1) is 0 Å². The van der Waals surface area contributed by atoms with E-state index < -0.39 is 0 Å². The van der Waals surface area contributed by atoms with Gasteiger partial charge >= 0.3 is 0 Å². The van der Waals surface area contributed by atoms with Gasteiger partial charge in [0.2, 0.25) is 5.91 Å². The molecule has 1 amide bonds. The normalized spacial score (nSPS) is 16.5. The molecule has 1 unspecified atom stereocenters. The average molecular weight is 378 g/mol. The maximum Gasteiger partial charge on any atom is 0.224 e. The standard InChI is InChI=1S/C23H26N2O3/c1-27-18-9-10-22(28-2)19(16-18)21-8-5-13-25(21)23(26)12-15-24-14-11-17-6-3-4-7-20(17)24/h3-4,6-7,9-11,14,16,21H,5,8,12-13,15H2,1-2H3. The Hall–Kier alpha value is -2.95. The Morgan fingerprint density at radius 2 is 1.96 bits per heavy atom. The molecule has 0 bridgehead atoms. The summed E-state index contributed by atoms with van der Waals surface area (Å²) in [6, 6.07) is 16.2. The van der Waals surface area contributed by atoms with E-state index in [2.05, 4.69) is 29.0 Å². The highest BCUT2D eigenvalue weighted by Gasteiger charge is 2.31. The predicted octanol–water partition coefficient (Wildman–Crippen LogP) is 4.41. The lowest BCUT2D eigenvalue weighted by molar-refractivity contribution is -0.132. The third kappa shape index (κ3) is 3.44. The van der Waals surface area contributed by atoms with E-state index in [0.717, 1.165) is 36.4 Å². The molecule has 0 spiro atoms. The van der Waals surface area contributed by atoms with Gasteiger partial charge in [0.15, 0.2) is 0 Å². The van der Waals surface area contributed by atoms with Gasteiger partial charge in [0.1, 0.15) is 11.5 Å². The van der Waals surface area contributed by atoms with Crippen LogP contribution >= 0.6 is 0 Å². The van der Waals surface area contributed by atoms with Crippen LogP contribution in [0.15, 0.2) is 54.7 Å². The third-order valence-electron chi connectivity index (χ3n) is 5.62. The number of likely N-dealkylation sites (tertiary alicyclic amines) is 1. The number of carbonyl (C=O) groups excluding carboxylic acids is 1. The first-order valence-electron chi connectivity index (χ1n) is 9.76. The van der Waals surface area contributed by atoms with E-state index in [4.69, 9.17) is 9.47 Å². The minimum absolute atomic E-state index is 0.0407. The highest BCUT2D eigenvalue weighted by Crippen LogP contribution is 2.39. The monoisotopic (exact) mass is 378 g/mol. The van der Waals surface area contributed by atoms with Crippen molar-refractivity contribution >= 4 is 16.8 Å². The highest BCUT2D eigenvalue weighted by atomic mass is 16.5. The molecular formula is C23H26N2O3. The minimum Gasteiger partial charge on any atom is -0.497 e. The van der Waals surface area contributed by atoms with E-state index in [1.807, 2.05) is 35.2 Å². The van der Waals surface area contributed by atoms with Crippen LogP contribution in [-0.2, 0) is 11.3 Å². The molecule has 4 rings (SSSR count). The summed E-state index contributed by atoms with van der Waals surface area (Å²) in [6.45, 7) is 1.47. The van der Waals surface area contributed by atoms with E-state index in [1.54, 1.807) is 14.2 Å². The number of ether oxygens (including phenoxy) is 2. The number of carbonyl (C=O) groups is 1. The zero-order chi connectivity index (χ0) is 19.5. The maximum atomic E-state index is 13.1. The number of para-hydroxylation sites is 1. The minimum atomic E-state index is 0.0407. The van der Waals surface area contributed by atoms with Gasteiger partial charge in [-0.05, 0) is 48.6 Å². The van der Waals surface area contributed by atoms with Gasteiger partial charge in [0.25, 0.3) is 0 Å². The second-order valence-corrected chi connectivity index (χ2v) is 7.17. The van der Waals surface area contributed by atoms with E-state index in [1.165, 1.54) is 10.9 Å². The molecule has 0 aliphatic carbocycles. The lowest BCUT2D eigenvalue weighted by atomic mass is 10.0. The molecule has 5 nitrogen and oxygen atoms in total. The summed E-state index contributed by atoms with van der Waals surface area (Å²) in [4.78, 5) is 15.1. The molecule has 2 aromatic carbocycles. The Kier molecular flexibility index (Phi) is 5.24. The van der Waals surface area contributed by atoms with Crippen molar-refractivity contribution in [3.63, 3.8) is 0 Å². The molecule has 146 valence electrons. The van der Waals surface area contributed by atoms with Gasteiger partial charge in [-0.1, -0.05) is 18.2 Å². The quantitative estimate of drug-likeness (QED) is 0.638. The predicted molar refractivity (Wildman–Crippen MR) is 110 cm³/mol. The van der Waals surface area contributed by atoms with Crippen LogP contribution in [0.1, 0.15) is 30.9 Å². The van der Waals surface area contributed by atoms with Crippen molar-refractivity contribution in [1.29, 1.82) is 0 Å². The van der Waals surface area contributed by atoms with Crippen molar-refractivity contribution in [2.45, 2.75) is 31.8 Å². The van der Waals surface area contributed by atoms with Crippen LogP contribution < -0.4 is 9.47 Å². The average Bonchev–Trinajstić information content (AvgIpc) is 3.39. The smallest absolute Gasteiger partial charge is 0.224 e. The van der Waals surface area contributed by atoms with Crippen molar-refractivity contribution in [1.82, 2.24) is 9.47 Å². The van der Waals surface area contributed by atoms with Gasteiger partial charge in [0, 0.05) is 36.8 Å². The number of nitrogens with zero attached hydrogens (tertiary/aromatic N) is 2. The number of methoxy groups -OCH3 is 2. The van der Waals surface area contributed by atoms with Crippen molar-refractivity contribution in [3.05, 3.63) is 60.3 Å². The number of amides is 1. The lowest BCUT2D eigenvalue weighted by Crippen LogP contribution is -2.31. The van der Waals surface area contributed by atoms with Crippen molar-refractivity contribution in [2.75, 3.05) is 20.8 Å². The van der Waals surface area contributed by atoms with Gasteiger partial charge in [0.05, 0.1) is 20.3 Å². The Labute approximate surface area is 165 Å². The summed E-state index contributed by atoms with van der Waals surface area (Å²) in [5.74, 6) is 1.78. The zero-order valence-corrected chi connectivity index (χ0v) is 16.4. The fourth-order valence-corrected chi connectivity index (χ4v) is 4.18. The SMILES string of the molecule is COc1ccc(OC)c(C2CCCN2C(=O)CCn2ccc3ccccc32)c1. The molecule has 1 fully saturated rings. The van der Waals surface area contributed by atoms with E-state index in [-0.39, 0.29) is 11.9 Å². The second-order valence-electron chi connectivity index (χ2n) is 7.17. The first-order valence-corrected chi connectivity index (χ1v) is 9.76. The van der Waals surface area contributed by atoms with Crippen molar-refractivity contribution in [3.8, 4) is 11.5 Å². The number of hydrogen-bond acceptors (Lipinski definition) is 3. The zero-order valence-electron chi connectivity index (χ0n) is 16.4. The van der Waals surface area contributed by atoms with Crippen molar-refractivity contribution < 1.29 is 14.3 Å². The number of fused-ring (bicyclic) bond motifs is 1. The number of aromatic nitrogens is 1. The van der Waals surface area contributed by atoms with Crippen LogP contribution in [0.3, 0.4) is 0 Å². The lowest BCUT2D eigenvalue weighted by Gasteiger charge is -2.27. The van der Waals surface area contributed by atoms with Crippen LogP contribution in [0.5, 0.6) is 11.5 Å². The molecule has 1 aliphatic rings. The molecule has 3 aromatic rings. The largest absolute Gasteiger partial charge is 0.497 e. The van der Waals surface area contributed by atoms with Crippen molar-refractivity contribution in [2.24, 2.45) is 0 Å². The Morgan fingerprint density at radius 1 is 1.11 bits per heavy atom. The first-order chi connectivity index (χ1) is 13.7. The summed E-state index contributed by atoms with van der Waals surface area (Å²) in [7, 11) is 3.33. The summed E-state index contributed by atoms with van der Waals surface area (Å²) in [5.41, 5.74) is 2.20. The molecule has 1 aromatic heterocycles. The summed E-state index contributed by atoms with van der Waals surface area (Å²) < 4.78 is 13.1. The van der Waals surface area contributed by atoms with Crippen LogP contribution in [-0.4, -0.2) is 36.1 Å². The molecule has 0 N–H and O–H groups in total. The topological polar surface area (TPSA) is 43.7 Å². The molecular weight excluding hydrogens is 352 g/mol. The summed E-state index contributed by atoms with van der Waals surface area (Å²) in [6.07, 6.45) is 4.50. The fraction of sp³-hybridized carbons (Fsp3) is 0.348. The van der Waals surface area contributed by atoms with Gasteiger partial charge in [-0.2, -0.15) is 0 Å². The second kappa shape index (κ2) is 7.97. The molecule has 5 heteroatoms. The Bertz CT molecular complexity index is 979. The fourth-order valence-electron chi connectivity index (χ4n) is 4.18. The van der Waals surface area contributed by atoms with Crippen LogP contribution in [0.2, 0.25) is 0 Å². The van der Waals surface area contributed by atoms with Gasteiger partial charge in [-0.25, -0.2) is 0 Å². The number of hydrogen-bond donors (Lipinski definition) is 0. The maximum absolute atomic E-state index is 13.1. The van der Waals surface area contributed by atoms with E-state index >= 15 is 0 Å². The summed E-state index contributed by atoms with van der Waals surface area (Å²) >= 11 is 0. The molecule has 1 aliphatic heterocycles. The Balaban J connectivity index is 1.51. The molecule has 1 atom stereocenters. The highest BCUT2D eigenvalue weighted by molar-refractivity contribution is 5.81. The molecule has 0 radical (unpaired) electrons. The molecule has 2 heterocycles. The van der Waals surface area contributed by atoms with Crippen LogP contribution in [0, 0.1) is 0 Å². The summed E-state index contributed by atoms with van der Waals surface area (Å²) in [5, 5.41) is 1.20.